The van der Waals surface area contributed by atoms with Gasteiger partial charge in [0.15, 0.2) is 0 Å². The van der Waals surface area contributed by atoms with Gasteiger partial charge in [-0.1, -0.05) is 6.07 Å². The van der Waals surface area contributed by atoms with Crippen LogP contribution in [0.15, 0.2) is 30.6 Å². The highest BCUT2D eigenvalue weighted by Gasteiger charge is 2.04. The molecule has 5 nitrogen and oxygen atoms in total. The van der Waals surface area contributed by atoms with Gasteiger partial charge in [-0.15, -0.1) is 0 Å². The molecule has 0 aliphatic rings. The molecule has 3 N–H and O–H groups in total. The molecule has 1 amide bonds. The van der Waals surface area contributed by atoms with Crippen molar-refractivity contribution in [2.45, 2.75) is 13.5 Å². The van der Waals surface area contributed by atoms with Crippen LogP contribution in [0, 0.1) is 6.92 Å². The molecule has 1 aromatic heterocycles. The highest BCUT2D eigenvalue weighted by Crippen LogP contribution is 2.12. The molecule has 1 heterocycles. The van der Waals surface area contributed by atoms with Crippen molar-refractivity contribution in [3.8, 4) is 0 Å². The van der Waals surface area contributed by atoms with Gasteiger partial charge in [-0.25, -0.2) is 4.98 Å². The van der Waals surface area contributed by atoms with E-state index in [0.29, 0.717) is 12.1 Å². The van der Waals surface area contributed by atoms with E-state index in [9.17, 15) is 4.79 Å². The van der Waals surface area contributed by atoms with Crippen LogP contribution in [0.5, 0.6) is 0 Å². The molecule has 18 heavy (non-hydrogen) atoms. The molecule has 0 atom stereocenters. The van der Waals surface area contributed by atoms with Gasteiger partial charge in [0.25, 0.3) is 5.91 Å². The summed E-state index contributed by atoms with van der Waals surface area (Å²) in [6.07, 6.45) is 1.67. The first-order chi connectivity index (χ1) is 8.70. The molecule has 0 aliphatic heterocycles. The predicted octanol–water partition coefficient (Wildman–Crippen LogP) is 1.69. The zero-order valence-corrected chi connectivity index (χ0v) is 10.4. The summed E-state index contributed by atoms with van der Waals surface area (Å²) in [5.74, 6) is -0.0883. The largest absolute Gasteiger partial charge is 0.379 e. The van der Waals surface area contributed by atoms with Gasteiger partial charge < -0.3 is 15.6 Å². The van der Waals surface area contributed by atoms with E-state index in [4.69, 9.17) is 0 Å². The number of H-pyrrole nitrogens is 1. The molecular formula is C13H16N4O. The summed E-state index contributed by atoms with van der Waals surface area (Å²) in [7, 11) is 1.62. The number of nitrogens with one attached hydrogen (secondary N) is 3. The molecule has 0 bridgehead atoms. The van der Waals surface area contributed by atoms with Gasteiger partial charge in [-0.2, -0.15) is 0 Å². The number of aryl methyl sites for hydroxylation is 1. The molecule has 2 rings (SSSR count). The van der Waals surface area contributed by atoms with Crippen molar-refractivity contribution < 1.29 is 4.79 Å². The summed E-state index contributed by atoms with van der Waals surface area (Å²) < 4.78 is 0. The standard InChI is InChI=1S/C13H16N4O/c1-9-12(17-8-16-9)7-15-11-5-3-4-10(6-11)13(18)14-2/h3-6,8,15H,7H2,1-2H3,(H,14,18)(H,16,17). The fourth-order valence-electron chi connectivity index (χ4n) is 1.67. The van der Waals surface area contributed by atoms with E-state index in [1.807, 2.05) is 25.1 Å². The highest BCUT2D eigenvalue weighted by atomic mass is 16.1. The first-order valence-corrected chi connectivity index (χ1v) is 5.75. The maximum atomic E-state index is 11.5. The third kappa shape index (κ3) is 2.68. The summed E-state index contributed by atoms with van der Waals surface area (Å²) in [5, 5.41) is 5.85. The second-order valence-electron chi connectivity index (χ2n) is 3.99. The van der Waals surface area contributed by atoms with E-state index >= 15 is 0 Å². The Bertz CT molecular complexity index is 547. The lowest BCUT2D eigenvalue weighted by atomic mass is 10.2. The average molecular weight is 244 g/mol. The van der Waals surface area contributed by atoms with Crippen LogP contribution in [0.2, 0.25) is 0 Å². The Kier molecular flexibility index (Phi) is 3.62. The zero-order chi connectivity index (χ0) is 13.0. The minimum absolute atomic E-state index is 0.0883. The van der Waals surface area contributed by atoms with Crippen molar-refractivity contribution in [2.75, 3.05) is 12.4 Å². The molecule has 0 radical (unpaired) electrons. The fourth-order valence-corrected chi connectivity index (χ4v) is 1.67. The summed E-state index contributed by atoms with van der Waals surface area (Å²) in [5.41, 5.74) is 3.56. The third-order valence-corrected chi connectivity index (χ3v) is 2.75. The number of aromatic amines is 1. The normalized spacial score (nSPS) is 10.1. The van der Waals surface area contributed by atoms with Crippen LogP contribution < -0.4 is 10.6 Å². The fraction of sp³-hybridized carbons (Fsp3) is 0.231. The Balaban J connectivity index is 2.06. The molecule has 94 valence electrons. The molecule has 0 fully saturated rings. The number of hydrogen-bond acceptors (Lipinski definition) is 3. The lowest BCUT2D eigenvalue weighted by molar-refractivity contribution is 0.0963. The van der Waals surface area contributed by atoms with E-state index in [0.717, 1.165) is 17.1 Å². The maximum absolute atomic E-state index is 11.5. The summed E-state index contributed by atoms with van der Waals surface area (Å²) in [4.78, 5) is 18.7. The van der Waals surface area contributed by atoms with Gasteiger partial charge >= 0.3 is 0 Å². The number of carbonyl (C=O) groups is 1. The van der Waals surface area contributed by atoms with Gasteiger partial charge in [0, 0.05) is 24.0 Å². The van der Waals surface area contributed by atoms with Crippen LogP contribution in [0.4, 0.5) is 5.69 Å². The molecule has 0 saturated heterocycles. The Morgan fingerprint density at radius 1 is 1.44 bits per heavy atom. The quantitative estimate of drug-likeness (QED) is 0.766. The first kappa shape index (κ1) is 12.2. The molecule has 2 aromatic rings. The number of rotatable bonds is 4. The van der Waals surface area contributed by atoms with Crippen LogP contribution in [0.3, 0.4) is 0 Å². The molecular weight excluding hydrogens is 228 g/mol. The molecule has 0 spiro atoms. The number of hydrogen-bond donors (Lipinski definition) is 3. The van der Waals surface area contributed by atoms with Gasteiger partial charge in [0.1, 0.15) is 0 Å². The Morgan fingerprint density at radius 3 is 2.94 bits per heavy atom. The van der Waals surface area contributed by atoms with Crippen molar-refractivity contribution in [1.82, 2.24) is 15.3 Å². The minimum atomic E-state index is -0.0883. The number of benzene rings is 1. The number of nitrogens with zero attached hydrogens (tertiary/aromatic N) is 1. The first-order valence-electron chi connectivity index (χ1n) is 5.75. The summed E-state index contributed by atoms with van der Waals surface area (Å²) >= 11 is 0. The van der Waals surface area contributed by atoms with Crippen LogP contribution in [0.1, 0.15) is 21.7 Å². The van der Waals surface area contributed by atoms with Gasteiger partial charge in [-0.3, -0.25) is 4.79 Å². The van der Waals surface area contributed by atoms with Crippen LogP contribution in [-0.4, -0.2) is 22.9 Å². The van der Waals surface area contributed by atoms with Crippen molar-refractivity contribution in [3.05, 3.63) is 47.5 Å². The Labute approximate surface area is 106 Å². The number of aromatic nitrogens is 2. The van der Waals surface area contributed by atoms with Crippen LogP contribution in [-0.2, 0) is 6.54 Å². The topological polar surface area (TPSA) is 69.8 Å². The lowest BCUT2D eigenvalue weighted by Gasteiger charge is -2.07. The molecule has 0 aliphatic carbocycles. The van der Waals surface area contributed by atoms with Crippen molar-refractivity contribution in [1.29, 1.82) is 0 Å². The summed E-state index contributed by atoms with van der Waals surface area (Å²) in [6, 6.07) is 7.38. The Morgan fingerprint density at radius 2 is 2.28 bits per heavy atom. The van der Waals surface area contributed by atoms with Gasteiger partial charge in [-0.05, 0) is 25.1 Å². The number of carbonyl (C=O) groups excluding carboxylic acids is 1. The molecule has 0 saturated carbocycles. The average Bonchev–Trinajstić information content (AvgIpc) is 2.81. The van der Waals surface area contributed by atoms with Gasteiger partial charge in [0.2, 0.25) is 0 Å². The molecule has 5 heteroatoms. The van der Waals surface area contributed by atoms with Crippen LogP contribution >= 0.6 is 0 Å². The van der Waals surface area contributed by atoms with Crippen molar-refractivity contribution in [2.24, 2.45) is 0 Å². The minimum Gasteiger partial charge on any atom is -0.379 e. The van der Waals surface area contributed by atoms with E-state index in [-0.39, 0.29) is 5.91 Å². The zero-order valence-electron chi connectivity index (χ0n) is 10.4. The second kappa shape index (κ2) is 5.35. The van der Waals surface area contributed by atoms with E-state index in [1.54, 1.807) is 19.4 Å². The second-order valence-corrected chi connectivity index (χ2v) is 3.99. The van der Waals surface area contributed by atoms with Crippen molar-refractivity contribution in [3.63, 3.8) is 0 Å². The smallest absolute Gasteiger partial charge is 0.251 e. The number of amides is 1. The number of anilines is 1. The van der Waals surface area contributed by atoms with Gasteiger partial charge in [0.05, 0.1) is 18.6 Å². The Hall–Kier alpha value is -2.30. The highest BCUT2D eigenvalue weighted by molar-refractivity contribution is 5.94. The van der Waals surface area contributed by atoms with E-state index in [2.05, 4.69) is 20.6 Å². The van der Waals surface area contributed by atoms with E-state index < -0.39 is 0 Å². The third-order valence-electron chi connectivity index (χ3n) is 2.75. The van der Waals surface area contributed by atoms with E-state index in [1.165, 1.54) is 0 Å². The summed E-state index contributed by atoms with van der Waals surface area (Å²) in [6.45, 7) is 2.61. The molecule has 1 aromatic carbocycles. The maximum Gasteiger partial charge on any atom is 0.251 e. The van der Waals surface area contributed by atoms with Crippen LogP contribution in [0.25, 0.3) is 0 Å². The number of imidazole rings is 1. The monoisotopic (exact) mass is 244 g/mol. The predicted molar refractivity (Wildman–Crippen MR) is 70.5 cm³/mol. The van der Waals surface area contributed by atoms with Crippen molar-refractivity contribution >= 4 is 11.6 Å². The molecule has 0 unspecified atom stereocenters. The SMILES string of the molecule is CNC(=O)c1cccc(NCc2nc[nH]c2C)c1. The lowest BCUT2D eigenvalue weighted by Crippen LogP contribution is -2.17.